The molecule has 690 valence electrons. The van der Waals surface area contributed by atoms with E-state index in [9.17, 15) is 40.2 Å². The molecule has 9 N–H and O–H groups in total. The molecule has 8 aliphatic heterocycles. The van der Waals surface area contributed by atoms with Crippen LogP contribution in [0.25, 0.3) is 45.6 Å². The van der Waals surface area contributed by atoms with Crippen molar-refractivity contribution in [3.05, 3.63) is 71.3 Å². The van der Waals surface area contributed by atoms with E-state index in [2.05, 4.69) is 84.4 Å². The van der Waals surface area contributed by atoms with Gasteiger partial charge in [0.25, 0.3) is 25.7 Å². The van der Waals surface area contributed by atoms with E-state index in [1.807, 2.05) is 86.8 Å². The predicted molar refractivity (Wildman–Crippen MR) is 459 cm³/mol. The summed E-state index contributed by atoms with van der Waals surface area (Å²) >= 11 is 0. The maximum Gasteiger partial charge on any atom is 0.264 e. The third-order valence-electron chi connectivity index (χ3n) is 22.7. The first-order chi connectivity index (χ1) is 60.9. The van der Waals surface area contributed by atoms with Gasteiger partial charge in [-0.1, -0.05) is 0 Å². The Bertz CT molecular complexity index is 4810. The minimum atomic E-state index is -2.78. The minimum absolute atomic E-state index is 0.00529. The summed E-state index contributed by atoms with van der Waals surface area (Å²) in [6, 6.07) is 4.45. The number of alkyl halides is 8. The lowest BCUT2D eigenvalue weighted by molar-refractivity contribution is 0.0634. The SMILES string of the molecule is COCCN1CCN(c2nc(-c3cnc(N)cc3C(F)F)nc(N3CCOCC3(C)C)n2)CC1.C[C@@H]1COCCN1c1nc(-c2cnc(N)cc2C(F)F)nc(N2CCOC[C@H]2CO)n1.C[C@@H]1COCCN1c1nc(-c2cnc(N)cc2C(F)F)nc(N2[C@@H](C)COC[C@@H]2C)n1.C[C@@H]1COCCN1c1nc(-c2cnc(N)cc2C(F)F)nc(N2[C@H](C)COC[C@H]2C)n1. The normalized spacial score (nSPS) is 22.6. The number of nitrogens with two attached hydrogens (primary N) is 4. The van der Waals surface area contributed by atoms with Gasteiger partial charge >= 0.3 is 0 Å². The van der Waals surface area contributed by atoms with Gasteiger partial charge in [-0.2, -0.15) is 59.8 Å². The van der Waals surface area contributed by atoms with Gasteiger partial charge in [0, 0.05) is 142 Å². The molecule has 8 fully saturated rings. The standard InChI is InChI=1S/C22H32F2N8O2.2C20H27F2N7O2.C19H25F2N7O3/c1-22(2)14-34-11-9-32(22)21-28-19(16-13-26-17(25)12-15(16)18(23)24)27-20(29-21)31-6-4-30(5-7-31)8-10-33-3;2*1-11-8-30-5-4-28(11)19-25-18(15-7-24-16(23)6-14(15)17(21)22)26-20(27-19)29-12(2)9-31-10-13(29)3;1-11-9-30-4-2-27(11)18-24-17(14-7-23-15(22)6-13(14)16(20)21)25-19(26-18)28-3-5-31-10-12(28)8-29/h12-13,18H,4-11,14H2,1-3H3,(H2,25,26);2*6-7,11-13,17H,4-5,8-10H2,1-3H3,(H2,23,24);6-7,11-12,16,29H,2-5,8-10H2,1H3,(H2,22,23)/t;11-,12+,13+;11-,12-,13-;11-,12-/m.111/s1. The van der Waals surface area contributed by atoms with Crippen molar-refractivity contribution in [2.75, 3.05) is 240 Å². The molecule has 127 heavy (non-hydrogen) atoms. The monoisotopic (exact) mass is 1790 g/mol. The summed E-state index contributed by atoms with van der Waals surface area (Å²) in [5, 5.41) is 9.77. The average molecular weight is 1790 g/mol. The molecule has 0 saturated carbocycles. The number of rotatable bonds is 20. The van der Waals surface area contributed by atoms with E-state index in [1.165, 1.54) is 43.0 Å². The molecule has 0 bridgehead atoms. The molecular formula is C81H111F8N29O9. The van der Waals surface area contributed by atoms with Gasteiger partial charge in [0.05, 0.1) is 160 Å². The number of aliphatic hydroxyl groups is 1. The quantitative estimate of drug-likeness (QED) is 0.0467. The minimum Gasteiger partial charge on any atom is -0.394 e. The van der Waals surface area contributed by atoms with Crippen molar-refractivity contribution in [1.82, 2.24) is 84.6 Å². The Labute approximate surface area is 729 Å². The first-order valence-corrected chi connectivity index (χ1v) is 42.2. The summed E-state index contributed by atoms with van der Waals surface area (Å²) < 4.78 is 154. The fraction of sp³-hybridized carbons (Fsp3) is 0.605. The van der Waals surface area contributed by atoms with Gasteiger partial charge in [-0.25, -0.2) is 55.1 Å². The van der Waals surface area contributed by atoms with Crippen molar-refractivity contribution in [3.8, 4) is 45.6 Å². The van der Waals surface area contributed by atoms with Gasteiger partial charge in [0.2, 0.25) is 47.6 Å². The van der Waals surface area contributed by atoms with Gasteiger partial charge in [-0.15, -0.1) is 0 Å². The van der Waals surface area contributed by atoms with E-state index >= 15 is 0 Å². The number of aromatic nitrogens is 16. The molecule has 0 aromatic carbocycles. The van der Waals surface area contributed by atoms with Gasteiger partial charge in [-0.3, -0.25) is 4.90 Å². The molecule has 8 saturated heterocycles. The number of nitrogen functional groups attached to an aromatic ring is 4. The Hall–Kier alpha value is -10.7. The molecule has 0 aliphatic carbocycles. The molecule has 16 heterocycles. The van der Waals surface area contributed by atoms with Crippen LogP contribution in [-0.2, 0) is 37.9 Å². The molecule has 46 heteroatoms. The van der Waals surface area contributed by atoms with Crippen LogP contribution in [0.4, 0.5) is 106 Å². The Balaban J connectivity index is 0.000000145. The van der Waals surface area contributed by atoms with E-state index < -0.39 is 25.7 Å². The number of aliphatic hydroxyl groups excluding tert-OH is 1. The molecule has 0 radical (unpaired) electrons. The molecule has 0 unspecified atom stereocenters. The zero-order valence-corrected chi connectivity index (χ0v) is 72.7. The summed E-state index contributed by atoms with van der Waals surface area (Å²) in [6.45, 7) is 32.4. The largest absolute Gasteiger partial charge is 0.394 e. The van der Waals surface area contributed by atoms with E-state index in [4.69, 9.17) is 75.8 Å². The molecule has 0 amide bonds. The van der Waals surface area contributed by atoms with Crippen LogP contribution in [0.3, 0.4) is 0 Å². The Kier molecular flexibility index (Phi) is 31.4. The van der Waals surface area contributed by atoms with Crippen molar-refractivity contribution < 1.29 is 78.1 Å². The number of hydrogen-bond donors (Lipinski definition) is 5. The summed E-state index contributed by atoms with van der Waals surface area (Å²) in [5.41, 5.74) is 21.7. The Morgan fingerprint density at radius 2 is 0.685 bits per heavy atom. The number of halogens is 8. The number of methoxy groups -OCH3 is 1. The zero-order valence-electron chi connectivity index (χ0n) is 72.7. The van der Waals surface area contributed by atoms with Crippen molar-refractivity contribution >= 4 is 70.9 Å². The second-order valence-electron chi connectivity index (χ2n) is 32.6. The highest BCUT2D eigenvalue weighted by molar-refractivity contribution is 5.69. The highest BCUT2D eigenvalue weighted by Crippen LogP contribution is 2.40. The molecule has 8 aliphatic rings. The molecule has 16 rings (SSSR count). The van der Waals surface area contributed by atoms with Gasteiger partial charge in [-0.05, 0) is 86.6 Å². The van der Waals surface area contributed by atoms with Crippen LogP contribution in [0.5, 0.6) is 0 Å². The first kappa shape index (κ1) is 93.9. The third-order valence-corrected chi connectivity index (χ3v) is 22.7. The Morgan fingerprint density at radius 3 is 1.03 bits per heavy atom. The van der Waals surface area contributed by atoms with Crippen LogP contribution < -0.4 is 62.1 Å². The van der Waals surface area contributed by atoms with Gasteiger partial charge in [0.1, 0.15) is 23.3 Å². The molecular weight excluding hydrogens is 1680 g/mol. The topological polar surface area (TPSA) is 434 Å². The fourth-order valence-corrected chi connectivity index (χ4v) is 15.9. The summed E-state index contributed by atoms with van der Waals surface area (Å²) in [5.74, 6) is 3.84. The van der Waals surface area contributed by atoms with Crippen LogP contribution >= 0.6 is 0 Å². The molecule has 8 aromatic heterocycles. The lowest BCUT2D eigenvalue weighted by Gasteiger charge is -2.42. The Morgan fingerprint density at radius 1 is 0.378 bits per heavy atom. The maximum atomic E-state index is 13.9. The smallest absolute Gasteiger partial charge is 0.264 e. The number of piperazine rings is 1. The second-order valence-corrected chi connectivity index (χ2v) is 32.6. The van der Waals surface area contributed by atoms with Gasteiger partial charge in [0.15, 0.2) is 23.3 Å². The molecule has 38 nitrogen and oxygen atoms in total. The highest BCUT2D eigenvalue weighted by Gasteiger charge is 2.39. The lowest BCUT2D eigenvalue weighted by Crippen LogP contribution is -2.54. The van der Waals surface area contributed by atoms with E-state index in [-0.39, 0.29) is 158 Å². The molecule has 8 atom stereocenters. The summed E-state index contributed by atoms with van der Waals surface area (Å²) in [6.07, 6.45) is -5.84. The number of ether oxygens (including phenoxy) is 8. The highest BCUT2D eigenvalue weighted by atomic mass is 19.3. The summed E-state index contributed by atoms with van der Waals surface area (Å²) in [7, 11) is 1.69. The summed E-state index contributed by atoms with van der Waals surface area (Å²) in [4.78, 5) is 89.8. The van der Waals surface area contributed by atoms with Crippen molar-refractivity contribution in [2.24, 2.45) is 0 Å². The van der Waals surface area contributed by atoms with Crippen molar-refractivity contribution in [2.45, 2.75) is 142 Å². The van der Waals surface area contributed by atoms with E-state index in [1.54, 1.807) is 7.11 Å². The fourth-order valence-electron chi connectivity index (χ4n) is 15.9. The van der Waals surface area contributed by atoms with Crippen molar-refractivity contribution in [3.63, 3.8) is 0 Å². The van der Waals surface area contributed by atoms with Crippen molar-refractivity contribution in [1.29, 1.82) is 0 Å². The lowest BCUT2D eigenvalue weighted by atomic mass is 10.0. The van der Waals surface area contributed by atoms with Crippen LogP contribution in [-0.4, -0.2) is 322 Å². The molecule has 8 aromatic rings. The third kappa shape index (κ3) is 22.7. The van der Waals surface area contributed by atoms with Crippen LogP contribution in [0.2, 0.25) is 0 Å². The number of pyridine rings is 4. The number of anilines is 12. The van der Waals surface area contributed by atoms with E-state index in [0.717, 1.165) is 25.7 Å². The van der Waals surface area contributed by atoms with E-state index in [0.29, 0.717) is 187 Å². The second kappa shape index (κ2) is 42.5. The predicted octanol–water partition coefficient (Wildman–Crippen LogP) is 7.30. The number of morpholine rings is 7. The maximum absolute atomic E-state index is 13.9. The van der Waals surface area contributed by atoms with Crippen LogP contribution in [0.1, 0.15) is 110 Å². The van der Waals surface area contributed by atoms with Crippen LogP contribution in [0.15, 0.2) is 49.1 Å². The number of hydrogen-bond acceptors (Lipinski definition) is 38. The first-order valence-electron chi connectivity index (χ1n) is 42.2. The molecule has 0 spiro atoms. The van der Waals surface area contributed by atoms with Crippen LogP contribution in [0, 0.1) is 0 Å². The zero-order chi connectivity index (χ0) is 90.5. The average Bonchev–Trinajstić information content (AvgIpc) is 0.784. The van der Waals surface area contributed by atoms with Gasteiger partial charge < -0.3 is 105 Å². The number of nitrogens with zero attached hydrogens (tertiary/aromatic N) is 25.